The third-order valence-corrected chi connectivity index (χ3v) is 16.2. The van der Waals surface area contributed by atoms with E-state index in [-0.39, 0.29) is 0 Å². The van der Waals surface area contributed by atoms with Gasteiger partial charge in [-0.15, -0.1) is 0 Å². The summed E-state index contributed by atoms with van der Waals surface area (Å²) in [4.78, 5) is 0. The van der Waals surface area contributed by atoms with Gasteiger partial charge >= 0.3 is 0 Å². The fourth-order valence-electron chi connectivity index (χ4n) is 8.42. The quantitative estimate of drug-likeness (QED) is 0.154. The van der Waals surface area contributed by atoms with E-state index in [0.29, 0.717) is 23.2 Å². The number of hydrogen-bond acceptors (Lipinski definition) is 0. The van der Waals surface area contributed by atoms with Crippen LogP contribution in [0.4, 0.5) is 0 Å². The van der Waals surface area contributed by atoms with Gasteiger partial charge in [-0.25, -0.2) is 0 Å². The van der Waals surface area contributed by atoms with Gasteiger partial charge in [0.25, 0.3) is 0 Å². The van der Waals surface area contributed by atoms with Crippen molar-refractivity contribution in [3.05, 3.63) is 192 Å². The van der Waals surface area contributed by atoms with Crippen molar-refractivity contribution < 1.29 is 0 Å². The molecule has 0 saturated heterocycles. The van der Waals surface area contributed by atoms with Gasteiger partial charge in [0, 0.05) is 0 Å². The van der Waals surface area contributed by atoms with Crippen molar-refractivity contribution in [2.45, 2.75) is 48.8 Å². The maximum absolute atomic E-state index is 2.50. The highest BCUT2D eigenvalue weighted by atomic mass is 31.1. The van der Waals surface area contributed by atoms with Gasteiger partial charge in [-0.05, 0) is 108 Å². The van der Waals surface area contributed by atoms with E-state index in [2.05, 4.69) is 170 Å². The monoisotopic (exact) mass is 630 g/mol. The fourth-order valence-corrected chi connectivity index (χ4v) is 14.6. The van der Waals surface area contributed by atoms with Crippen LogP contribution in [-0.4, -0.2) is 11.3 Å². The van der Waals surface area contributed by atoms with E-state index in [0.717, 1.165) is 12.8 Å². The summed E-state index contributed by atoms with van der Waals surface area (Å²) in [7, 11) is -1.17. The molecular weight excluding hydrogens is 590 g/mol. The Bertz CT molecular complexity index is 1650. The third-order valence-electron chi connectivity index (χ3n) is 10.3. The van der Waals surface area contributed by atoms with Crippen molar-refractivity contribution >= 4 is 37.1 Å². The summed E-state index contributed by atoms with van der Waals surface area (Å²) in [5, 5.41) is 6.03. The SMILES string of the molecule is c1ccc(P(c2ccccc2)[C@H]2CCc3ccccc3[C@H]2[C@@H]2c3ccccc3CC[C@@H]2P(c2ccccc2)c2ccccc2)cc1. The lowest BCUT2D eigenvalue weighted by atomic mass is 9.68. The molecule has 0 spiro atoms. The second-order valence-corrected chi connectivity index (χ2v) is 17.6. The summed E-state index contributed by atoms with van der Waals surface area (Å²) in [6, 6.07) is 65.0. The Morgan fingerprint density at radius 1 is 0.326 bits per heavy atom. The third kappa shape index (κ3) is 5.68. The predicted molar refractivity (Wildman–Crippen MR) is 201 cm³/mol. The molecule has 0 heterocycles. The smallest absolute Gasteiger partial charge is 0.00102 e. The summed E-state index contributed by atoms with van der Waals surface area (Å²) in [5.74, 6) is 0.862. The fraction of sp³-hybridized carbons (Fsp3) is 0.182. The zero-order valence-electron chi connectivity index (χ0n) is 26.2. The summed E-state index contributed by atoms with van der Waals surface area (Å²) in [5.41, 5.74) is 7.39. The molecule has 226 valence electrons. The van der Waals surface area contributed by atoms with Crippen molar-refractivity contribution in [3.63, 3.8) is 0 Å². The molecule has 0 radical (unpaired) electrons. The highest BCUT2D eigenvalue weighted by Crippen LogP contribution is 2.62. The maximum Gasteiger partial charge on any atom is -0.00102 e. The van der Waals surface area contributed by atoms with Crippen LogP contribution in [0.2, 0.25) is 0 Å². The summed E-state index contributed by atoms with van der Waals surface area (Å²) in [6.45, 7) is 0. The number of aryl methyl sites for hydroxylation is 2. The van der Waals surface area contributed by atoms with Gasteiger partial charge in [0.2, 0.25) is 0 Å². The molecule has 2 aliphatic carbocycles. The summed E-state index contributed by atoms with van der Waals surface area (Å²) < 4.78 is 0. The first-order valence-electron chi connectivity index (χ1n) is 16.8. The molecule has 0 aliphatic heterocycles. The second kappa shape index (κ2) is 13.5. The van der Waals surface area contributed by atoms with Crippen LogP contribution in [0.3, 0.4) is 0 Å². The molecule has 8 rings (SSSR count). The average molecular weight is 631 g/mol. The van der Waals surface area contributed by atoms with Gasteiger partial charge < -0.3 is 0 Å². The molecule has 46 heavy (non-hydrogen) atoms. The van der Waals surface area contributed by atoms with Gasteiger partial charge in [-0.3, -0.25) is 0 Å². The molecule has 0 unspecified atom stereocenters. The van der Waals surface area contributed by atoms with Crippen LogP contribution in [0.25, 0.3) is 0 Å². The lowest BCUT2D eigenvalue weighted by molar-refractivity contribution is 0.432. The normalized spacial score (nSPS) is 20.7. The number of benzene rings is 6. The molecule has 0 amide bonds. The van der Waals surface area contributed by atoms with Crippen molar-refractivity contribution in [1.29, 1.82) is 0 Å². The zero-order chi connectivity index (χ0) is 30.7. The molecule has 0 N–H and O–H groups in total. The van der Waals surface area contributed by atoms with Gasteiger partial charge in [0.15, 0.2) is 0 Å². The van der Waals surface area contributed by atoms with Crippen molar-refractivity contribution in [2.24, 2.45) is 0 Å². The van der Waals surface area contributed by atoms with Gasteiger partial charge in [-0.2, -0.15) is 0 Å². The molecule has 0 fully saturated rings. The Morgan fingerprint density at radius 3 is 0.935 bits per heavy atom. The highest BCUT2D eigenvalue weighted by molar-refractivity contribution is 7.74. The van der Waals surface area contributed by atoms with Crippen LogP contribution in [0.1, 0.15) is 46.9 Å². The van der Waals surface area contributed by atoms with Crippen LogP contribution >= 0.6 is 15.8 Å². The Morgan fingerprint density at radius 2 is 0.609 bits per heavy atom. The van der Waals surface area contributed by atoms with Crippen molar-refractivity contribution in [3.8, 4) is 0 Å². The molecular formula is C44H40P2. The van der Waals surface area contributed by atoms with E-state index < -0.39 is 15.8 Å². The lowest BCUT2D eigenvalue weighted by Crippen LogP contribution is -2.41. The molecule has 0 nitrogen and oxygen atoms in total. The largest absolute Gasteiger partial charge is 0.0622 e. The van der Waals surface area contributed by atoms with Crippen LogP contribution < -0.4 is 21.2 Å². The minimum atomic E-state index is -0.587. The predicted octanol–water partition coefficient (Wildman–Crippen LogP) is 9.45. The van der Waals surface area contributed by atoms with Crippen LogP contribution in [0.5, 0.6) is 0 Å². The van der Waals surface area contributed by atoms with E-state index in [4.69, 9.17) is 0 Å². The Labute approximate surface area is 277 Å². The van der Waals surface area contributed by atoms with Crippen molar-refractivity contribution in [2.75, 3.05) is 0 Å². The molecule has 6 aromatic rings. The average Bonchev–Trinajstić information content (AvgIpc) is 3.14. The number of fused-ring (bicyclic) bond motifs is 2. The molecule has 4 atom stereocenters. The number of rotatable bonds is 7. The van der Waals surface area contributed by atoms with Crippen LogP contribution in [-0.2, 0) is 12.8 Å². The molecule has 0 saturated carbocycles. The van der Waals surface area contributed by atoms with Crippen LogP contribution in [0, 0.1) is 0 Å². The molecule has 0 aromatic heterocycles. The van der Waals surface area contributed by atoms with E-state index in [1.54, 1.807) is 22.3 Å². The van der Waals surface area contributed by atoms with E-state index in [1.807, 2.05) is 0 Å². The van der Waals surface area contributed by atoms with E-state index in [9.17, 15) is 0 Å². The van der Waals surface area contributed by atoms with Gasteiger partial charge in [0.05, 0.1) is 0 Å². The number of hydrogen-bond donors (Lipinski definition) is 0. The Kier molecular flexibility index (Phi) is 8.68. The second-order valence-electron chi connectivity index (χ2n) is 12.7. The maximum atomic E-state index is 2.50. The Hall–Kier alpha value is -3.82. The summed E-state index contributed by atoms with van der Waals surface area (Å²) >= 11 is 0. The molecule has 0 bridgehead atoms. The molecule has 2 aliphatic rings. The first-order valence-corrected chi connectivity index (χ1v) is 19.6. The minimum absolute atomic E-state index is 0.431. The Balaban J connectivity index is 1.37. The molecule has 2 heteroatoms. The zero-order valence-corrected chi connectivity index (χ0v) is 28.0. The minimum Gasteiger partial charge on any atom is -0.0622 e. The van der Waals surface area contributed by atoms with E-state index in [1.165, 1.54) is 34.1 Å². The first kappa shape index (κ1) is 29.6. The van der Waals surface area contributed by atoms with Crippen LogP contribution in [0.15, 0.2) is 170 Å². The lowest BCUT2D eigenvalue weighted by Gasteiger charge is -2.49. The highest BCUT2D eigenvalue weighted by Gasteiger charge is 2.47. The van der Waals surface area contributed by atoms with Crippen molar-refractivity contribution in [1.82, 2.24) is 0 Å². The first-order chi connectivity index (χ1) is 22.9. The standard InChI is InChI=1S/C44H40P2/c1-5-19-35(20-6-1)45(36-21-7-2-8-22-36)41-31-29-33-17-13-15-27-39(33)43(41)44-40-28-16-14-18-34(40)30-32-42(44)46(37-23-9-3-10-24-37)38-25-11-4-12-26-38/h1-28,41-44H,29-32H2/t41-,42-,43+,44+/m0/s1. The summed E-state index contributed by atoms with van der Waals surface area (Å²) in [6.07, 6.45) is 4.75. The van der Waals surface area contributed by atoms with E-state index >= 15 is 0 Å². The van der Waals surface area contributed by atoms with Gasteiger partial charge in [-0.1, -0.05) is 170 Å². The molecule has 6 aromatic carbocycles. The topological polar surface area (TPSA) is 0 Å². The van der Waals surface area contributed by atoms with Gasteiger partial charge in [0.1, 0.15) is 0 Å².